The molecule has 2 aromatic carbocycles. The number of benzene rings is 2. The van der Waals surface area contributed by atoms with Crippen LogP contribution in [0.5, 0.6) is 0 Å². The van der Waals surface area contributed by atoms with Crippen LogP contribution in [0.2, 0.25) is 19.6 Å². The maximum absolute atomic E-state index is 12.7. The van der Waals surface area contributed by atoms with Crippen molar-refractivity contribution in [2.24, 2.45) is 0 Å². The summed E-state index contributed by atoms with van der Waals surface area (Å²) in [5.74, 6) is -1.30. The molecule has 0 amide bonds. The standard InChI is InChI=1S/C21H24O4Si/c1-21(2,25-26(3,4)5)20(24)17-13-11-16(12-14-17)19(23)18(22)15-9-7-6-8-10-15/h6-14H,1-5H3. The summed E-state index contributed by atoms with van der Waals surface area (Å²) in [5, 5.41) is 0. The van der Waals surface area contributed by atoms with Gasteiger partial charge in [-0.3, -0.25) is 14.4 Å². The molecule has 0 N–H and O–H groups in total. The van der Waals surface area contributed by atoms with Crippen LogP contribution in [0.15, 0.2) is 54.6 Å². The lowest BCUT2D eigenvalue weighted by atomic mass is 9.94. The van der Waals surface area contributed by atoms with E-state index < -0.39 is 25.5 Å². The van der Waals surface area contributed by atoms with Crippen molar-refractivity contribution >= 4 is 25.7 Å². The molecule has 0 spiro atoms. The van der Waals surface area contributed by atoms with Crippen molar-refractivity contribution in [1.82, 2.24) is 0 Å². The first-order chi connectivity index (χ1) is 12.0. The van der Waals surface area contributed by atoms with E-state index in [0.29, 0.717) is 11.1 Å². The Labute approximate surface area is 155 Å². The van der Waals surface area contributed by atoms with Crippen molar-refractivity contribution in [3.8, 4) is 0 Å². The fourth-order valence-electron chi connectivity index (χ4n) is 2.78. The van der Waals surface area contributed by atoms with Crippen LogP contribution in [-0.2, 0) is 4.43 Å². The zero-order valence-electron chi connectivity index (χ0n) is 15.8. The van der Waals surface area contributed by atoms with Crippen LogP contribution in [0.4, 0.5) is 0 Å². The summed E-state index contributed by atoms with van der Waals surface area (Å²) in [6.45, 7) is 9.59. The summed E-state index contributed by atoms with van der Waals surface area (Å²) in [5.41, 5.74) is 0.133. The summed E-state index contributed by atoms with van der Waals surface area (Å²) in [4.78, 5) is 37.3. The van der Waals surface area contributed by atoms with E-state index in [0.717, 1.165) is 0 Å². The third-order valence-electron chi connectivity index (χ3n) is 3.76. The van der Waals surface area contributed by atoms with Gasteiger partial charge in [0.1, 0.15) is 5.60 Å². The highest BCUT2D eigenvalue weighted by atomic mass is 28.4. The number of rotatable bonds is 7. The van der Waals surface area contributed by atoms with E-state index in [1.165, 1.54) is 12.1 Å². The maximum atomic E-state index is 12.7. The van der Waals surface area contributed by atoms with E-state index in [-0.39, 0.29) is 11.3 Å². The molecule has 26 heavy (non-hydrogen) atoms. The van der Waals surface area contributed by atoms with E-state index in [9.17, 15) is 14.4 Å². The third-order valence-corrected chi connectivity index (χ3v) is 4.88. The van der Waals surface area contributed by atoms with Gasteiger partial charge in [-0.1, -0.05) is 54.6 Å². The van der Waals surface area contributed by atoms with E-state index in [1.54, 1.807) is 56.3 Å². The number of hydrogen-bond acceptors (Lipinski definition) is 4. The second-order valence-corrected chi connectivity index (χ2v) is 12.1. The predicted octanol–water partition coefficient (Wildman–Crippen LogP) is 4.57. The Balaban J connectivity index is 2.19. The van der Waals surface area contributed by atoms with Gasteiger partial charge in [-0.05, 0) is 33.5 Å². The zero-order valence-corrected chi connectivity index (χ0v) is 16.8. The van der Waals surface area contributed by atoms with Gasteiger partial charge in [0.25, 0.3) is 0 Å². The molecule has 0 heterocycles. The SMILES string of the molecule is CC(C)(O[Si](C)(C)C)C(=O)c1ccc(C(=O)C(=O)c2ccccc2)cc1. The van der Waals surface area contributed by atoms with Crippen LogP contribution in [-0.4, -0.2) is 31.3 Å². The Bertz CT molecular complexity index is 815. The molecule has 136 valence electrons. The van der Waals surface area contributed by atoms with Gasteiger partial charge in [-0.2, -0.15) is 0 Å². The van der Waals surface area contributed by atoms with Gasteiger partial charge in [0, 0.05) is 16.7 Å². The number of Topliss-reactive ketones (excluding diaryl/α,β-unsaturated/α-hetero) is 3. The summed E-state index contributed by atoms with van der Waals surface area (Å²) in [6, 6.07) is 14.6. The molecular weight excluding hydrogens is 344 g/mol. The first-order valence-electron chi connectivity index (χ1n) is 8.50. The van der Waals surface area contributed by atoms with Gasteiger partial charge in [0.05, 0.1) is 0 Å². The molecule has 0 saturated carbocycles. The third kappa shape index (κ3) is 4.83. The minimum Gasteiger partial charge on any atom is -0.405 e. The molecule has 0 unspecified atom stereocenters. The number of carbonyl (C=O) groups is 3. The molecule has 0 atom stereocenters. The lowest BCUT2D eigenvalue weighted by Gasteiger charge is -2.31. The lowest BCUT2D eigenvalue weighted by Crippen LogP contribution is -2.44. The number of carbonyl (C=O) groups excluding carboxylic acids is 3. The molecule has 0 aromatic heterocycles. The minimum absolute atomic E-state index is 0.145. The van der Waals surface area contributed by atoms with Gasteiger partial charge in [0.15, 0.2) is 14.1 Å². The normalized spacial score (nSPS) is 11.9. The Hall–Kier alpha value is -2.37. The minimum atomic E-state index is -1.89. The zero-order chi connectivity index (χ0) is 19.5. The fourth-order valence-corrected chi connectivity index (χ4v) is 4.41. The molecule has 2 aromatic rings. The quantitative estimate of drug-likeness (QED) is 0.408. The molecule has 0 saturated heterocycles. The van der Waals surface area contributed by atoms with Crippen molar-refractivity contribution in [3.63, 3.8) is 0 Å². The van der Waals surface area contributed by atoms with E-state index in [4.69, 9.17) is 4.43 Å². The molecule has 4 nitrogen and oxygen atoms in total. The van der Waals surface area contributed by atoms with Gasteiger partial charge >= 0.3 is 0 Å². The molecule has 0 aliphatic carbocycles. The molecule has 2 rings (SSSR count). The van der Waals surface area contributed by atoms with Gasteiger partial charge in [0.2, 0.25) is 11.6 Å². The van der Waals surface area contributed by atoms with Crippen molar-refractivity contribution in [3.05, 3.63) is 71.3 Å². The number of hydrogen-bond donors (Lipinski definition) is 0. The van der Waals surface area contributed by atoms with Crippen LogP contribution in [0.1, 0.15) is 44.9 Å². The second-order valence-electron chi connectivity index (χ2n) is 7.66. The Morgan fingerprint density at radius 3 is 1.62 bits per heavy atom. The molecule has 0 aliphatic heterocycles. The van der Waals surface area contributed by atoms with Gasteiger partial charge in [-0.25, -0.2) is 0 Å². The maximum Gasteiger partial charge on any atom is 0.233 e. The largest absolute Gasteiger partial charge is 0.405 e. The van der Waals surface area contributed by atoms with E-state index >= 15 is 0 Å². The molecule has 0 radical (unpaired) electrons. The van der Waals surface area contributed by atoms with Crippen LogP contribution >= 0.6 is 0 Å². The average molecular weight is 369 g/mol. The summed E-state index contributed by atoms with van der Waals surface area (Å²) in [7, 11) is -1.89. The topological polar surface area (TPSA) is 60.4 Å². The Morgan fingerprint density at radius 1 is 0.731 bits per heavy atom. The van der Waals surface area contributed by atoms with Crippen LogP contribution in [0.25, 0.3) is 0 Å². The Kier molecular flexibility index (Phi) is 5.73. The smallest absolute Gasteiger partial charge is 0.233 e. The van der Waals surface area contributed by atoms with Crippen molar-refractivity contribution < 1.29 is 18.8 Å². The van der Waals surface area contributed by atoms with Crippen molar-refractivity contribution in [1.29, 1.82) is 0 Å². The Morgan fingerprint density at radius 2 is 1.15 bits per heavy atom. The van der Waals surface area contributed by atoms with Crippen LogP contribution in [0.3, 0.4) is 0 Å². The highest BCUT2D eigenvalue weighted by Crippen LogP contribution is 2.23. The highest BCUT2D eigenvalue weighted by Gasteiger charge is 2.34. The molecule has 0 aliphatic rings. The van der Waals surface area contributed by atoms with Gasteiger partial charge in [-0.15, -0.1) is 0 Å². The average Bonchev–Trinajstić information content (AvgIpc) is 2.58. The van der Waals surface area contributed by atoms with E-state index in [2.05, 4.69) is 0 Å². The first-order valence-corrected chi connectivity index (χ1v) is 11.9. The number of ketones is 3. The van der Waals surface area contributed by atoms with Crippen LogP contribution < -0.4 is 0 Å². The lowest BCUT2D eigenvalue weighted by molar-refractivity contribution is 0.0558. The molecule has 0 fully saturated rings. The van der Waals surface area contributed by atoms with Crippen LogP contribution in [0, 0.1) is 0 Å². The second kappa shape index (κ2) is 7.48. The van der Waals surface area contributed by atoms with E-state index in [1.807, 2.05) is 19.6 Å². The van der Waals surface area contributed by atoms with Gasteiger partial charge < -0.3 is 4.43 Å². The molecule has 0 bridgehead atoms. The summed E-state index contributed by atoms with van der Waals surface area (Å²) in [6.07, 6.45) is 0. The van der Waals surface area contributed by atoms with Crippen molar-refractivity contribution in [2.75, 3.05) is 0 Å². The molecular formula is C21H24O4Si. The fraction of sp³-hybridized carbons (Fsp3) is 0.286. The summed E-state index contributed by atoms with van der Waals surface area (Å²) >= 11 is 0. The molecule has 5 heteroatoms. The predicted molar refractivity (Wildman–Crippen MR) is 104 cm³/mol. The summed E-state index contributed by atoms with van der Waals surface area (Å²) < 4.78 is 5.98. The first kappa shape index (κ1) is 19.9. The highest BCUT2D eigenvalue weighted by molar-refractivity contribution is 6.70. The van der Waals surface area contributed by atoms with Crippen molar-refractivity contribution in [2.45, 2.75) is 39.1 Å². The monoisotopic (exact) mass is 368 g/mol.